The highest BCUT2D eigenvalue weighted by atomic mass is 32.2. The van der Waals surface area contributed by atoms with Crippen LogP contribution in [0.2, 0.25) is 0 Å². The number of hydrogen-bond donors (Lipinski definition) is 0. The second-order valence-electron chi connectivity index (χ2n) is 2.21. The third kappa shape index (κ3) is 8.02. The number of carbonyl (C=O) groups is 1. The summed E-state index contributed by atoms with van der Waals surface area (Å²) >= 11 is 1.41. The molecule has 10 heavy (non-hydrogen) atoms. The van der Waals surface area contributed by atoms with Gasteiger partial charge in [-0.1, -0.05) is 31.5 Å². The van der Waals surface area contributed by atoms with Gasteiger partial charge in [0, 0.05) is 12.7 Å². The van der Waals surface area contributed by atoms with Crippen molar-refractivity contribution in [2.45, 2.75) is 33.1 Å². The van der Waals surface area contributed by atoms with Crippen LogP contribution in [0.3, 0.4) is 0 Å². The Bertz CT molecular complexity index is 91.3. The third-order valence-corrected chi connectivity index (χ3v) is 1.97. The van der Waals surface area contributed by atoms with E-state index in [9.17, 15) is 4.79 Å². The molecule has 1 nitrogen and oxygen atoms in total. The Labute approximate surface area is 67.6 Å². The van der Waals surface area contributed by atoms with Crippen molar-refractivity contribution in [2.24, 2.45) is 0 Å². The lowest BCUT2D eigenvalue weighted by atomic mass is 10.2. The van der Waals surface area contributed by atoms with Crippen LogP contribution in [0, 0.1) is 6.42 Å². The summed E-state index contributed by atoms with van der Waals surface area (Å²) in [7, 11) is 0. The highest BCUT2D eigenvalue weighted by Gasteiger charge is 1.92. The molecule has 0 saturated carbocycles. The van der Waals surface area contributed by atoms with Crippen molar-refractivity contribution in [3.8, 4) is 0 Å². The molecule has 0 heterocycles. The van der Waals surface area contributed by atoms with Crippen molar-refractivity contribution in [3.63, 3.8) is 0 Å². The first kappa shape index (κ1) is 10.0. The Hall–Kier alpha value is 0.0200. The molecule has 0 saturated heterocycles. The largest absolute Gasteiger partial charge is 0.288 e. The van der Waals surface area contributed by atoms with Crippen molar-refractivity contribution < 1.29 is 4.79 Å². The Morgan fingerprint density at radius 3 is 2.70 bits per heavy atom. The molecular weight excluding hydrogens is 144 g/mol. The van der Waals surface area contributed by atoms with E-state index in [0.29, 0.717) is 0 Å². The summed E-state index contributed by atoms with van der Waals surface area (Å²) in [5.74, 6) is 0.954. The molecule has 0 spiro atoms. The molecule has 59 valence electrons. The predicted molar refractivity (Wildman–Crippen MR) is 47.0 cm³/mol. The normalized spacial score (nSPS) is 9.80. The number of hydrogen-bond acceptors (Lipinski definition) is 2. The molecule has 2 heteroatoms. The van der Waals surface area contributed by atoms with Crippen molar-refractivity contribution in [1.82, 2.24) is 0 Å². The van der Waals surface area contributed by atoms with Gasteiger partial charge in [-0.2, -0.15) is 0 Å². The summed E-state index contributed by atoms with van der Waals surface area (Å²) in [6, 6.07) is 0. The van der Waals surface area contributed by atoms with E-state index in [1.165, 1.54) is 24.6 Å². The van der Waals surface area contributed by atoms with Gasteiger partial charge in [-0.05, 0) is 12.8 Å². The molecule has 0 aliphatic heterocycles. The average molecular weight is 159 g/mol. The molecule has 0 aromatic rings. The number of carbonyl (C=O) groups excluding carboxylic acids is 1. The quantitative estimate of drug-likeness (QED) is 0.574. The second kappa shape index (κ2) is 7.13. The fourth-order valence-corrected chi connectivity index (χ4v) is 1.21. The molecule has 0 N–H and O–H groups in total. The van der Waals surface area contributed by atoms with Crippen LogP contribution in [-0.2, 0) is 4.79 Å². The Morgan fingerprint density at radius 2 is 2.20 bits per heavy atom. The van der Waals surface area contributed by atoms with Gasteiger partial charge < -0.3 is 0 Å². The zero-order valence-electron chi connectivity index (χ0n) is 6.72. The summed E-state index contributed by atoms with van der Waals surface area (Å²) in [5, 5.41) is 0.227. The Morgan fingerprint density at radius 1 is 1.50 bits per heavy atom. The van der Waals surface area contributed by atoms with Crippen LogP contribution in [0.15, 0.2) is 0 Å². The van der Waals surface area contributed by atoms with Crippen LogP contribution in [0.4, 0.5) is 0 Å². The summed E-state index contributed by atoms with van der Waals surface area (Å²) in [4.78, 5) is 10.4. The monoisotopic (exact) mass is 159 g/mol. The van der Waals surface area contributed by atoms with E-state index in [-0.39, 0.29) is 5.12 Å². The molecular formula is C8H15OS. The van der Waals surface area contributed by atoms with E-state index >= 15 is 0 Å². The summed E-state index contributed by atoms with van der Waals surface area (Å²) in [6.07, 6.45) is 5.71. The SMILES string of the molecule is CCC[CH]CCSC(C)=O. The van der Waals surface area contributed by atoms with E-state index in [2.05, 4.69) is 13.3 Å². The summed E-state index contributed by atoms with van der Waals surface area (Å²) in [6.45, 7) is 3.78. The van der Waals surface area contributed by atoms with Gasteiger partial charge in [-0.3, -0.25) is 4.79 Å². The zero-order chi connectivity index (χ0) is 7.82. The average Bonchev–Trinajstić information content (AvgIpc) is 1.87. The summed E-state index contributed by atoms with van der Waals surface area (Å²) < 4.78 is 0. The molecule has 0 aliphatic rings. The van der Waals surface area contributed by atoms with Crippen LogP contribution in [0.25, 0.3) is 0 Å². The van der Waals surface area contributed by atoms with Gasteiger partial charge in [0.05, 0.1) is 0 Å². The third-order valence-electron chi connectivity index (χ3n) is 1.12. The van der Waals surface area contributed by atoms with Gasteiger partial charge in [-0.15, -0.1) is 0 Å². The summed E-state index contributed by atoms with van der Waals surface area (Å²) in [5.41, 5.74) is 0. The fraction of sp³-hybridized carbons (Fsp3) is 0.750. The van der Waals surface area contributed by atoms with E-state index < -0.39 is 0 Å². The molecule has 0 unspecified atom stereocenters. The minimum atomic E-state index is 0.227. The molecule has 0 rings (SSSR count). The first-order valence-corrected chi connectivity index (χ1v) is 4.71. The maximum Gasteiger partial charge on any atom is 0.185 e. The van der Waals surface area contributed by atoms with E-state index in [0.717, 1.165) is 12.2 Å². The van der Waals surface area contributed by atoms with Gasteiger partial charge >= 0.3 is 0 Å². The highest BCUT2D eigenvalue weighted by Crippen LogP contribution is 2.06. The maximum absolute atomic E-state index is 10.4. The smallest absolute Gasteiger partial charge is 0.185 e. The van der Waals surface area contributed by atoms with Crippen molar-refractivity contribution in [3.05, 3.63) is 6.42 Å². The lowest BCUT2D eigenvalue weighted by Crippen LogP contribution is -1.86. The van der Waals surface area contributed by atoms with E-state index in [1.54, 1.807) is 6.92 Å². The lowest BCUT2D eigenvalue weighted by Gasteiger charge is -1.95. The standard InChI is InChI=1S/C8H15OS/c1-3-4-5-6-7-10-8(2)9/h5H,3-4,6-7H2,1-2H3. The minimum Gasteiger partial charge on any atom is -0.288 e. The molecule has 0 fully saturated rings. The predicted octanol–water partition coefficient (Wildman–Crippen LogP) is 2.66. The zero-order valence-corrected chi connectivity index (χ0v) is 7.54. The fourth-order valence-electron chi connectivity index (χ4n) is 0.634. The van der Waals surface area contributed by atoms with Crippen LogP contribution in [0.1, 0.15) is 33.1 Å². The number of unbranched alkanes of at least 4 members (excludes halogenated alkanes) is 3. The molecule has 1 radical (unpaired) electrons. The van der Waals surface area contributed by atoms with Gasteiger partial charge in [0.25, 0.3) is 0 Å². The van der Waals surface area contributed by atoms with Gasteiger partial charge in [-0.25, -0.2) is 0 Å². The molecule has 0 aliphatic carbocycles. The van der Waals surface area contributed by atoms with Gasteiger partial charge in [0.2, 0.25) is 0 Å². The van der Waals surface area contributed by atoms with Crippen LogP contribution >= 0.6 is 11.8 Å². The van der Waals surface area contributed by atoms with Gasteiger partial charge in [0.1, 0.15) is 0 Å². The van der Waals surface area contributed by atoms with Crippen LogP contribution < -0.4 is 0 Å². The Kier molecular flexibility index (Phi) is 7.15. The van der Waals surface area contributed by atoms with E-state index in [4.69, 9.17) is 0 Å². The van der Waals surface area contributed by atoms with Crippen LogP contribution in [0.5, 0.6) is 0 Å². The molecule has 0 atom stereocenters. The number of thioether (sulfide) groups is 1. The molecule has 0 bridgehead atoms. The minimum absolute atomic E-state index is 0.227. The van der Waals surface area contributed by atoms with Crippen molar-refractivity contribution in [1.29, 1.82) is 0 Å². The maximum atomic E-state index is 10.4. The van der Waals surface area contributed by atoms with Crippen molar-refractivity contribution in [2.75, 3.05) is 5.75 Å². The first-order valence-electron chi connectivity index (χ1n) is 3.72. The number of rotatable bonds is 5. The van der Waals surface area contributed by atoms with Gasteiger partial charge in [0.15, 0.2) is 5.12 Å². The first-order chi connectivity index (χ1) is 4.77. The highest BCUT2D eigenvalue weighted by molar-refractivity contribution is 8.13. The molecule has 0 aromatic heterocycles. The Balaban J connectivity index is 2.84. The molecule has 0 aromatic carbocycles. The van der Waals surface area contributed by atoms with E-state index in [1.807, 2.05) is 0 Å². The second-order valence-corrected chi connectivity index (χ2v) is 3.48. The van der Waals surface area contributed by atoms with Crippen LogP contribution in [-0.4, -0.2) is 10.9 Å². The lowest BCUT2D eigenvalue weighted by molar-refractivity contribution is -0.109. The molecule has 0 amide bonds. The van der Waals surface area contributed by atoms with Crippen molar-refractivity contribution >= 4 is 16.9 Å². The topological polar surface area (TPSA) is 17.1 Å².